The van der Waals surface area contributed by atoms with Crippen LogP contribution in [0.25, 0.3) is 0 Å². The summed E-state index contributed by atoms with van der Waals surface area (Å²) >= 11 is 2.77. The molecule has 3 fully saturated rings. The zero-order valence-corrected chi connectivity index (χ0v) is 16.6. The second kappa shape index (κ2) is 7.31. The van der Waals surface area contributed by atoms with Crippen LogP contribution in [0.2, 0.25) is 0 Å². The summed E-state index contributed by atoms with van der Waals surface area (Å²) in [6.07, 6.45) is 1.95. The van der Waals surface area contributed by atoms with Crippen LogP contribution >= 0.6 is 23.5 Å². The standard InChI is InChI=1S/C17H23N3O5S2/c1-8(21)11-14(23)20-12(16(24)25)17(27-15(11)20)26-9-6-10(18-7-9)13(22)19-4-2-3-5-19/h8-11,15,18,21H,2-7H2,1H3,(H,24,25)/t8-,9+,10+,11+,15-/m1/s1. The fourth-order valence-electron chi connectivity index (χ4n) is 4.12. The summed E-state index contributed by atoms with van der Waals surface area (Å²) in [4.78, 5) is 39.7. The molecule has 0 saturated carbocycles. The lowest BCUT2D eigenvalue weighted by molar-refractivity contribution is -0.156. The first kappa shape index (κ1) is 19.1. The third-order valence-electron chi connectivity index (χ3n) is 5.55. The molecule has 0 aromatic heterocycles. The normalized spacial score (nSPS) is 34.1. The summed E-state index contributed by atoms with van der Waals surface area (Å²) in [6, 6.07) is -0.218. The van der Waals surface area contributed by atoms with Crippen molar-refractivity contribution in [3.05, 3.63) is 9.93 Å². The van der Waals surface area contributed by atoms with Gasteiger partial charge in [0.15, 0.2) is 5.70 Å². The van der Waals surface area contributed by atoms with Crippen LogP contribution in [-0.4, -0.2) is 80.2 Å². The minimum absolute atomic E-state index is 0.0196. The second-order valence-electron chi connectivity index (χ2n) is 7.39. The molecule has 5 atom stereocenters. The Hall–Kier alpha value is -1.23. The van der Waals surface area contributed by atoms with E-state index in [1.165, 1.54) is 28.4 Å². The number of aliphatic hydroxyl groups is 1. The number of amides is 2. The van der Waals surface area contributed by atoms with Crippen molar-refractivity contribution in [2.45, 2.75) is 49.0 Å². The van der Waals surface area contributed by atoms with Gasteiger partial charge in [-0.3, -0.25) is 14.5 Å². The SMILES string of the molecule is C[C@@H](O)[C@H]1C(=O)N2C(C(=O)O)=C(S[C@@H]3CN[C@H](C(=O)N4CCCC4)C3)S[C@H]12. The van der Waals surface area contributed by atoms with Crippen LogP contribution < -0.4 is 5.32 Å². The Labute approximate surface area is 165 Å². The molecule has 0 bridgehead atoms. The zero-order chi connectivity index (χ0) is 19.3. The van der Waals surface area contributed by atoms with Crippen LogP contribution in [-0.2, 0) is 14.4 Å². The first-order chi connectivity index (χ1) is 12.9. The maximum atomic E-state index is 12.5. The average molecular weight is 414 g/mol. The quantitative estimate of drug-likeness (QED) is 0.550. The van der Waals surface area contributed by atoms with E-state index in [2.05, 4.69) is 5.32 Å². The lowest BCUT2D eigenvalue weighted by Gasteiger charge is -2.43. The van der Waals surface area contributed by atoms with Crippen molar-refractivity contribution < 1.29 is 24.6 Å². The van der Waals surface area contributed by atoms with Gasteiger partial charge in [-0.25, -0.2) is 4.79 Å². The minimum Gasteiger partial charge on any atom is -0.477 e. The first-order valence-corrected chi connectivity index (χ1v) is 11.0. The van der Waals surface area contributed by atoms with Crippen LogP contribution in [0, 0.1) is 5.92 Å². The van der Waals surface area contributed by atoms with Gasteiger partial charge < -0.3 is 20.4 Å². The van der Waals surface area contributed by atoms with E-state index in [-0.39, 0.29) is 34.2 Å². The molecule has 148 valence electrons. The molecule has 27 heavy (non-hydrogen) atoms. The average Bonchev–Trinajstić information content (AvgIpc) is 3.33. The molecule has 4 rings (SSSR count). The molecular weight excluding hydrogens is 390 g/mol. The highest BCUT2D eigenvalue weighted by Gasteiger charge is 2.58. The number of carbonyl (C=O) groups is 3. The Morgan fingerprint density at radius 3 is 2.67 bits per heavy atom. The van der Waals surface area contributed by atoms with Gasteiger partial charge in [-0.2, -0.15) is 0 Å². The van der Waals surface area contributed by atoms with Crippen molar-refractivity contribution in [1.82, 2.24) is 15.1 Å². The Bertz CT molecular complexity index is 707. The van der Waals surface area contributed by atoms with Crippen molar-refractivity contribution in [3.8, 4) is 0 Å². The lowest BCUT2D eigenvalue weighted by Crippen LogP contribution is -2.60. The third kappa shape index (κ3) is 3.26. The number of thioether (sulfide) groups is 2. The Kier molecular flexibility index (Phi) is 5.17. The van der Waals surface area contributed by atoms with Gasteiger partial charge in [-0.1, -0.05) is 11.8 Å². The number of likely N-dealkylation sites (tertiary alicyclic amines) is 1. The number of nitrogens with zero attached hydrogens (tertiary/aromatic N) is 2. The molecule has 0 spiro atoms. The van der Waals surface area contributed by atoms with Gasteiger partial charge in [0.1, 0.15) is 5.37 Å². The van der Waals surface area contributed by atoms with Crippen LogP contribution in [0.1, 0.15) is 26.2 Å². The first-order valence-electron chi connectivity index (χ1n) is 9.22. The number of hydrogen-bond donors (Lipinski definition) is 3. The fraction of sp³-hybridized carbons (Fsp3) is 0.706. The molecule has 0 aromatic carbocycles. The Balaban J connectivity index is 1.43. The lowest BCUT2D eigenvalue weighted by atomic mass is 9.92. The highest BCUT2D eigenvalue weighted by atomic mass is 32.2. The molecule has 0 aromatic rings. The van der Waals surface area contributed by atoms with Crippen molar-refractivity contribution in [2.75, 3.05) is 19.6 Å². The summed E-state index contributed by atoms with van der Waals surface area (Å²) in [5.74, 6) is -1.88. The molecule has 4 aliphatic heterocycles. The summed E-state index contributed by atoms with van der Waals surface area (Å²) in [5, 5.41) is 22.4. The number of carbonyl (C=O) groups excluding carboxylic acids is 2. The summed E-state index contributed by atoms with van der Waals surface area (Å²) in [7, 11) is 0. The van der Waals surface area contributed by atoms with E-state index in [1.54, 1.807) is 6.92 Å². The van der Waals surface area contributed by atoms with E-state index in [1.807, 2.05) is 4.90 Å². The number of hydrogen-bond acceptors (Lipinski definition) is 7. The van der Waals surface area contributed by atoms with Crippen LogP contribution in [0.5, 0.6) is 0 Å². The Morgan fingerprint density at radius 2 is 2.04 bits per heavy atom. The van der Waals surface area contributed by atoms with Gasteiger partial charge in [0.25, 0.3) is 0 Å². The number of nitrogens with one attached hydrogen (secondary N) is 1. The fourth-order valence-corrected chi connectivity index (χ4v) is 7.44. The van der Waals surface area contributed by atoms with E-state index in [0.29, 0.717) is 17.2 Å². The molecule has 2 amide bonds. The van der Waals surface area contributed by atoms with Gasteiger partial charge >= 0.3 is 5.97 Å². The van der Waals surface area contributed by atoms with Gasteiger partial charge in [-0.15, -0.1) is 11.8 Å². The van der Waals surface area contributed by atoms with Crippen LogP contribution in [0.4, 0.5) is 0 Å². The van der Waals surface area contributed by atoms with E-state index in [9.17, 15) is 24.6 Å². The second-order valence-corrected chi connectivity index (χ2v) is 10.1. The van der Waals surface area contributed by atoms with E-state index in [4.69, 9.17) is 0 Å². The molecule has 0 radical (unpaired) electrons. The van der Waals surface area contributed by atoms with E-state index in [0.717, 1.165) is 25.9 Å². The number of aliphatic carboxylic acids is 1. The van der Waals surface area contributed by atoms with Crippen molar-refractivity contribution in [3.63, 3.8) is 0 Å². The van der Waals surface area contributed by atoms with Gasteiger partial charge in [-0.05, 0) is 26.2 Å². The molecule has 4 heterocycles. The molecule has 0 aliphatic carbocycles. The third-order valence-corrected chi connectivity index (χ3v) is 8.38. The molecule has 10 heteroatoms. The highest BCUT2D eigenvalue weighted by molar-refractivity contribution is 8.23. The maximum Gasteiger partial charge on any atom is 0.354 e. The molecular formula is C17H23N3O5S2. The van der Waals surface area contributed by atoms with Gasteiger partial charge in [0, 0.05) is 24.9 Å². The molecule has 0 unspecified atom stereocenters. The predicted molar refractivity (Wildman–Crippen MR) is 102 cm³/mol. The largest absolute Gasteiger partial charge is 0.477 e. The number of fused-ring (bicyclic) bond motifs is 1. The van der Waals surface area contributed by atoms with Crippen molar-refractivity contribution in [1.29, 1.82) is 0 Å². The number of β-lactam (4-membered cyclic amide) rings is 1. The van der Waals surface area contributed by atoms with Gasteiger partial charge in [0.2, 0.25) is 11.8 Å². The number of aliphatic hydroxyl groups excluding tert-OH is 1. The van der Waals surface area contributed by atoms with E-state index < -0.39 is 18.0 Å². The van der Waals surface area contributed by atoms with Crippen LogP contribution in [0.3, 0.4) is 0 Å². The molecule has 4 aliphatic rings. The van der Waals surface area contributed by atoms with Crippen molar-refractivity contribution >= 4 is 41.3 Å². The number of carboxylic acids is 1. The molecule has 3 N–H and O–H groups in total. The predicted octanol–water partition coefficient (Wildman–Crippen LogP) is 0.238. The smallest absolute Gasteiger partial charge is 0.354 e. The summed E-state index contributed by atoms with van der Waals surface area (Å²) in [6.45, 7) is 3.82. The zero-order valence-electron chi connectivity index (χ0n) is 15.0. The minimum atomic E-state index is -1.12. The van der Waals surface area contributed by atoms with Gasteiger partial charge in [0.05, 0.1) is 22.3 Å². The Morgan fingerprint density at radius 1 is 1.33 bits per heavy atom. The summed E-state index contributed by atoms with van der Waals surface area (Å²) in [5.41, 5.74) is 0.0196. The van der Waals surface area contributed by atoms with E-state index >= 15 is 0 Å². The van der Waals surface area contributed by atoms with Crippen molar-refractivity contribution in [2.24, 2.45) is 5.92 Å². The monoisotopic (exact) mass is 413 g/mol. The van der Waals surface area contributed by atoms with Crippen LogP contribution in [0.15, 0.2) is 9.93 Å². The topological polar surface area (TPSA) is 110 Å². The summed E-state index contributed by atoms with van der Waals surface area (Å²) < 4.78 is 0.602. The number of rotatable bonds is 5. The molecule has 3 saturated heterocycles. The number of carboxylic acid groups (broad SMARTS) is 1. The maximum absolute atomic E-state index is 12.5. The highest BCUT2D eigenvalue weighted by Crippen LogP contribution is 2.55. The molecule has 8 nitrogen and oxygen atoms in total.